The van der Waals surface area contributed by atoms with Crippen molar-refractivity contribution in [1.82, 2.24) is 9.55 Å². The lowest BCUT2D eigenvalue weighted by Gasteiger charge is -2.19. The van der Waals surface area contributed by atoms with E-state index in [0.717, 1.165) is 30.9 Å². The summed E-state index contributed by atoms with van der Waals surface area (Å²) in [4.78, 5) is 4.40. The third kappa shape index (κ3) is 1.59. The number of nitrogens with two attached hydrogens (primary N) is 1. The van der Waals surface area contributed by atoms with E-state index >= 15 is 0 Å². The molecule has 0 amide bonds. The third-order valence-electron chi connectivity index (χ3n) is 2.47. The molecule has 0 saturated carbocycles. The van der Waals surface area contributed by atoms with E-state index in [4.69, 9.17) is 10.8 Å². The Bertz CT molecular complexity index is 295. The van der Waals surface area contributed by atoms with Crippen LogP contribution in [0.1, 0.15) is 30.4 Å². The molecule has 0 fully saturated rings. The summed E-state index contributed by atoms with van der Waals surface area (Å²) in [5.74, 6) is 0.981. The van der Waals surface area contributed by atoms with E-state index in [9.17, 15) is 0 Å². The summed E-state index contributed by atoms with van der Waals surface area (Å²) < 4.78 is 2.11. The van der Waals surface area contributed by atoms with Crippen molar-refractivity contribution >= 4 is 0 Å². The van der Waals surface area contributed by atoms with E-state index in [1.54, 1.807) is 0 Å². The highest BCUT2D eigenvalue weighted by atomic mass is 16.3. The Hall–Kier alpha value is -0.870. The first kappa shape index (κ1) is 8.72. The van der Waals surface area contributed by atoms with E-state index in [0.29, 0.717) is 6.42 Å². The predicted octanol–water partition coefficient (Wildman–Crippen LogP) is 0.212. The van der Waals surface area contributed by atoms with Crippen LogP contribution in [0.2, 0.25) is 0 Å². The van der Waals surface area contributed by atoms with Crippen molar-refractivity contribution in [3.05, 3.63) is 17.7 Å². The molecule has 1 aromatic heterocycles. The van der Waals surface area contributed by atoms with E-state index < -0.39 is 0 Å². The molecule has 72 valence electrons. The summed E-state index contributed by atoms with van der Waals surface area (Å²) in [5, 5.41) is 8.77. The number of aromatic nitrogens is 2. The zero-order chi connectivity index (χ0) is 9.26. The van der Waals surface area contributed by atoms with Gasteiger partial charge in [-0.1, -0.05) is 0 Å². The molecule has 3 N–H and O–H groups in total. The molecule has 2 rings (SSSR count). The Kier molecular flexibility index (Phi) is 2.33. The van der Waals surface area contributed by atoms with Crippen molar-refractivity contribution in [1.29, 1.82) is 0 Å². The van der Waals surface area contributed by atoms with Crippen molar-refractivity contribution in [2.75, 3.05) is 6.61 Å². The molecule has 1 aliphatic rings. The first-order valence-corrected chi connectivity index (χ1v) is 4.73. The molecule has 1 unspecified atom stereocenters. The molecule has 0 bridgehead atoms. The van der Waals surface area contributed by atoms with Crippen LogP contribution in [-0.4, -0.2) is 21.3 Å². The van der Waals surface area contributed by atoms with Crippen molar-refractivity contribution in [3.8, 4) is 0 Å². The van der Waals surface area contributed by atoms with Gasteiger partial charge < -0.3 is 15.4 Å². The number of aryl methyl sites for hydroxylation is 1. The molecule has 0 saturated heterocycles. The van der Waals surface area contributed by atoms with E-state index in [-0.39, 0.29) is 12.6 Å². The van der Waals surface area contributed by atoms with Crippen molar-refractivity contribution in [3.63, 3.8) is 0 Å². The van der Waals surface area contributed by atoms with Gasteiger partial charge in [0, 0.05) is 25.8 Å². The lowest BCUT2D eigenvalue weighted by molar-refractivity contribution is 0.298. The zero-order valence-corrected chi connectivity index (χ0v) is 7.61. The minimum absolute atomic E-state index is 0.0844. The Labute approximate surface area is 77.4 Å². The van der Waals surface area contributed by atoms with Crippen LogP contribution < -0.4 is 5.73 Å². The SMILES string of the molecule is NC1CCCn2cc(CCO)nc21. The summed E-state index contributed by atoms with van der Waals surface area (Å²) in [7, 11) is 0. The molecule has 1 aliphatic heterocycles. The van der Waals surface area contributed by atoms with Crippen LogP contribution in [0, 0.1) is 0 Å². The van der Waals surface area contributed by atoms with Crippen molar-refractivity contribution < 1.29 is 5.11 Å². The number of nitrogens with zero attached hydrogens (tertiary/aromatic N) is 2. The highest BCUT2D eigenvalue weighted by molar-refractivity contribution is 5.09. The molecule has 4 heteroatoms. The van der Waals surface area contributed by atoms with Gasteiger partial charge in [-0.15, -0.1) is 0 Å². The molecule has 0 aromatic carbocycles. The molecule has 1 aromatic rings. The number of aliphatic hydroxyl groups is 1. The minimum atomic E-state index is 0.0844. The minimum Gasteiger partial charge on any atom is -0.396 e. The molecule has 0 radical (unpaired) electrons. The fourth-order valence-corrected chi connectivity index (χ4v) is 1.81. The van der Waals surface area contributed by atoms with Crippen LogP contribution in [0.25, 0.3) is 0 Å². The highest BCUT2D eigenvalue weighted by Crippen LogP contribution is 2.21. The smallest absolute Gasteiger partial charge is 0.125 e. The van der Waals surface area contributed by atoms with E-state index in [1.165, 1.54) is 0 Å². The van der Waals surface area contributed by atoms with Gasteiger partial charge in [-0.2, -0.15) is 0 Å². The van der Waals surface area contributed by atoms with Crippen LogP contribution in [0.4, 0.5) is 0 Å². The molecular weight excluding hydrogens is 166 g/mol. The molecule has 4 nitrogen and oxygen atoms in total. The maximum atomic E-state index is 8.77. The van der Waals surface area contributed by atoms with Gasteiger partial charge in [0.05, 0.1) is 11.7 Å². The fourth-order valence-electron chi connectivity index (χ4n) is 1.81. The van der Waals surface area contributed by atoms with Gasteiger partial charge in [0.1, 0.15) is 5.82 Å². The average Bonchev–Trinajstić information content (AvgIpc) is 2.49. The van der Waals surface area contributed by atoms with E-state index in [2.05, 4.69) is 9.55 Å². The maximum Gasteiger partial charge on any atom is 0.125 e. The predicted molar refractivity (Wildman–Crippen MR) is 49.2 cm³/mol. The fraction of sp³-hybridized carbons (Fsp3) is 0.667. The van der Waals surface area contributed by atoms with Crippen molar-refractivity contribution in [2.24, 2.45) is 5.73 Å². The van der Waals surface area contributed by atoms with Crippen LogP contribution in [0.5, 0.6) is 0 Å². The summed E-state index contributed by atoms with van der Waals surface area (Å²) >= 11 is 0. The Morgan fingerprint density at radius 3 is 3.23 bits per heavy atom. The van der Waals surface area contributed by atoms with Gasteiger partial charge in [-0.25, -0.2) is 4.98 Å². The Morgan fingerprint density at radius 2 is 2.54 bits per heavy atom. The molecule has 0 aliphatic carbocycles. The summed E-state index contributed by atoms with van der Waals surface area (Å²) in [6, 6.07) is 0.0844. The van der Waals surface area contributed by atoms with Gasteiger partial charge in [0.15, 0.2) is 0 Å². The topological polar surface area (TPSA) is 64.1 Å². The van der Waals surface area contributed by atoms with Crippen LogP contribution >= 0.6 is 0 Å². The van der Waals surface area contributed by atoms with Crippen molar-refractivity contribution in [2.45, 2.75) is 31.8 Å². The second-order valence-electron chi connectivity index (χ2n) is 3.51. The summed E-state index contributed by atoms with van der Waals surface area (Å²) in [6.45, 7) is 1.17. The first-order valence-electron chi connectivity index (χ1n) is 4.73. The molecule has 0 spiro atoms. The monoisotopic (exact) mass is 181 g/mol. The molecule has 2 heterocycles. The quantitative estimate of drug-likeness (QED) is 0.685. The van der Waals surface area contributed by atoms with Crippen LogP contribution in [0.3, 0.4) is 0 Å². The number of fused-ring (bicyclic) bond motifs is 1. The number of hydrogen-bond acceptors (Lipinski definition) is 3. The van der Waals surface area contributed by atoms with Gasteiger partial charge in [-0.3, -0.25) is 0 Å². The lowest BCUT2D eigenvalue weighted by Crippen LogP contribution is -2.21. The van der Waals surface area contributed by atoms with Crippen LogP contribution in [-0.2, 0) is 13.0 Å². The second kappa shape index (κ2) is 3.47. The van der Waals surface area contributed by atoms with Gasteiger partial charge in [0.2, 0.25) is 0 Å². The third-order valence-corrected chi connectivity index (χ3v) is 2.47. The van der Waals surface area contributed by atoms with Gasteiger partial charge in [-0.05, 0) is 12.8 Å². The molecule has 13 heavy (non-hydrogen) atoms. The Balaban J connectivity index is 2.25. The second-order valence-corrected chi connectivity index (χ2v) is 3.51. The van der Waals surface area contributed by atoms with Gasteiger partial charge in [0.25, 0.3) is 0 Å². The average molecular weight is 181 g/mol. The maximum absolute atomic E-state index is 8.77. The lowest BCUT2D eigenvalue weighted by atomic mass is 10.1. The normalized spacial score (nSPS) is 21.5. The summed E-state index contributed by atoms with van der Waals surface area (Å²) in [5.41, 5.74) is 6.86. The number of imidazole rings is 1. The largest absolute Gasteiger partial charge is 0.396 e. The zero-order valence-electron chi connectivity index (χ0n) is 7.61. The number of rotatable bonds is 2. The number of hydrogen-bond donors (Lipinski definition) is 2. The standard InChI is InChI=1S/C9H15N3O/c10-8-2-1-4-12-6-7(3-5-13)11-9(8)12/h6,8,13H,1-5,10H2. The summed E-state index contributed by atoms with van der Waals surface area (Å²) in [6.07, 6.45) is 4.79. The van der Waals surface area contributed by atoms with Gasteiger partial charge >= 0.3 is 0 Å². The Morgan fingerprint density at radius 1 is 1.69 bits per heavy atom. The molecule has 1 atom stereocenters. The molecular formula is C9H15N3O. The van der Waals surface area contributed by atoms with Crippen LogP contribution in [0.15, 0.2) is 6.20 Å². The number of aliphatic hydroxyl groups excluding tert-OH is 1. The first-order chi connectivity index (χ1) is 6.31. The van der Waals surface area contributed by atoms with E-state index in [1.807, 2.05) is 6.20 Å². The highest BCUT2D eigenvalue weighted by Gasteiger charge is 2.18.